The van der Waals surface area contributed by atoms with Gasteiger partial charge in [-0.1, -0.05) is 71.2 Å². The fraction of sp³-hybridized carbons (Fsp3) is 0.214. The zero-order valence-corrected chi connectivity index (χ0v) is 22.1. The molecule has 5 rings (SSSR count). The van der Waals surface area contributed by atoms with Crippen molar-refractivity contribution >= 4 is 40.6 Å². The maximum absolute atomic E-state index is 13.2. The van der Waals surface area contributed by atoms with Gasteiger partial charge < -0.3 is 18.8 Å². The van der Waals surface area contributed by atoms with E-state index in [1.54, 1.807) is 55.0 Å². The molecule has 3 aromatic carbocycles. The van der Waals surface area contributed by atoms with E-state index in [-0.39, 0.29) is 19.0 Å². The van der Waals surface area contributed by atoms with Gasteiger partial charge in [-0.05, 0) is 36.8 Å². The molecule has 1 aliphatic heterocycles. The first-order valence-corrected chi connectivity index (χ1v) is 12.7. The molecular formula is C28H23Cl3N2O4. The van der Waals surface area contributed by atoms with Crippen molar-refractivity contribution in [3.63, 3.8) is 0 Å². The molecular weight excluding hydrogens is 535 g/mol. The monoisotopic (exact) mass is 556 g/mol. The van der Waals surface area contributed by atoms with Crippen molar-refractivity contribution < 1.29 is 19.0 Å². The van der Waals surface area contributed by atoms with Crippen LogP contribution in [0.3, 0.4) is 0 Å². The SMILES string of the molecule is Cc1cc(OC[C@@H]2CO[C@@](Cn3ccnc3)(c3ccc(Cl)cc3Cl)O2)c(C(=O)c2ccccc2)cc1Cl. The zero-order chi connectivity index (χ0) is 26.0. The van der Waals surface area contributed by atoms with Gasteiger partial charge in [0.2, 0.25) is 5.79 Å². The van der Waals surface area contributed by atoms with Crippen LogP contribution < -0.4 is 4.74 Å². The van der Waals surface area contributed by atoms with Gasteiger partial charge in [-0.3, -0.25) is 4.79 Å². The lowest BCUT2D eigenvalue weighted by atomic mass is 10.0. The molecule has 0 amide bonds. The highest BCUT2D eigenvalue weighted by atomic mass is 35.5. The number of aromatic nitrogens is 2. The fourth-order valence-corrected chi connectivity index (χ4v) is 4.97. The second-order valence-corrected chi connectivity index (χ2v) is 10.0. The Morgan fingerprint density at radius 1 is 1.11 bits per heavy atom. The Hall–Kier alpha value is -2.87. The Morgan fingerprint density at radius 3 is 2.65 bits per heavy atom. The number of carbonyl (C=O) groups is 1. The summed E-state index contributed by atoms with van der Waals surface area (Å²) in [5, 5.41) is 1.43. The largest absolute Gasteiger partial charge is 0.490 e. The molecule has 37 heavy (non-hydrogen) atoms. The van der Waals surface area contributed by atoms with E-state index in [4.69, 9.17) is 49.0 Å². The molecule has 0 saturated carbocycles. The van der Waals surface area contributed by atoms with Crippen LogP contribution in [-0.4, -0.2) is 34.7 Å². The number of hydrogen-bond acceptors (Lipinski definition) is 5. The smallest absolute Gasteiger partial charge is 0.215 e. The van der Waals surface area contributed by atoms with Crippen LogP contribution in [0.25, 0.3) is 0 Å². The number of benzene rings is 3. The van der Waals surface area contributed by atoms with Crippen LogP contribution in [0.2, 0.25) is 15.1 Å². The molecule has 9 heteroatoms. The maximum Gasteiger partial charge on any atom is 0.215 e. The van der Waals surface area contributed by atoms with E-state index in [2.05, 4.69) is 4.98 Å². The topological polar surface area (TPSA) is 62.6 Å². The molecule has 0 aliphatic carbocycles. The first-order valence-electron chi connectivity index (χ1n) is 11.6. The summed E-state index contributed by atoms with van der Waals surface area (Å²) in [4.78, 5) is 17.3. The number of ketones is 1. The van der Waals surface area contributed by atoms with Crippen LogP contribution in [0.1, 0.15) is 27.0 Å². The molecule has 1 fully saturated rings. The Kier molecular flexibility index (Phi) is 7.56. The lowest BCUT2D eigenvalue weighted by molar-refractivity contribution is -0.189. The van der Waals surface area contributed by atoms with Gasteiger partial charge in [-0.25, -0.2) is 4.98 Å². The van der Waals surface area contributed by atoms with Crippen molar-refractivity contribution in [3.8, 4) is 5.75 Å². The number of rotatable bonds is 8. The summed E-state index contributed by atoms with van der Waals surface area (Å²) in [6, 6.07) is 17.6. The van der Waals surface area contributed by atoms with Crippen molar-refractivity contribution in [2.24, 2.45) is 0 Å². The molecule has 4 aromatic rings. The lowest BCUT2D eigenvalue weighted by Gasteiger charge is -2.30. The fourth-order valence-electron chi connectivity index (χ4n) is 4.25. The van der Waals surface area contributed by atoms with Gasteiger partial charge in [0.1, 0.15) is 18.5 Å². The Balaban J connectivity index is 1.39. The predicted molar refractivity (Wildman–Crippen MR) is 143 cm³/mol. The minimum absolute atomic E-state index is 0.146. The standard InChI is InChI=1S/C28H23Cl3N2O4/c1-18-11-26(22(13-24(18)30)27(34)19-5-3-2-4-6-19)35-14-21-15-36-28(37-21,16-33-10-9-32-17-33)23-8-7-20(29)12-25(23)31/h2-13,17,21H,14-16H2,1H3/t21-,28-/m1/s1. The molecule has 1 saturated heterocycles. The van der Waals surface area contributed by atoms with Crippen LogP contribution in [0.15, 0.2) is 79.4 Å². The summed E-state index contributed by atoms with van der Waals surface area (Å²) in [5.74, 6) is -0.922. The third kappa shape index (κ3) is 5.54. The van der Waals surface area contributed by atoms with Gasteiger partial charge in [0.15, 0.2) is 5.78 Å². The van der Waals surface area contributed by atoms with Gasteiger partial charge in [-0.2, -0.15) is 0 Å². The van der Waals surface area contributed by atoms with E-state index in [0.717, 1.165) is 5.56 Å². The predicted octanol–water partition coefficient (Wildman–Crippen LogP) is 6.73. The maximum atomic E-state index is 13.2. The zero-order valence-electron chi connectivity index (χ0n) is 19.9. The van der Waals surface area contributed by atoms with E-state index in [1.165, 1.54) is 0 Å². The van der Waals surface area contributed by atoms with Gasteiger partial charge in [0.05, 0.1) is 30.1 Å². The second kappa shape index (κ2) is 10.9. The highest BCUT2D eigenvalue weighted by molar-refractivity contribution is 6.35. The van der Waals surface area contributed by atoms with Crippen LogP contribution >= 0.6 is 34.8 Å². The molecule has 2 heterocycles. The van der Waals surface area contributed by atoms with E-state index in [0.29, 0.717) is 44.1 Å². The minimum atomic E-state index is -1.17. The Labute approximate surface area is 229 Å². The number of halogens is 3. The van der Waals surface area contributed by atoms with E-state index in [9.17, 15) is 4.79 Å². The number of nitrogens with zero attached hydrogens (tertiary/aromatic N) is 2. The van der Waals surface area contributed by atoms with Crippen molar-refractivity contribution in [2.45, 2.75) is 25.4 Å². The number of aryl methyl sites for hydroxylation is 1. The minimum Gasteiger partial charge on any atom is -0.490 e. The quantitative estimate of drug-likeness (QED) is 0.225. The van der Waals surface area contributed by atoms with E-state index < -0.39 is 11.9 Å². The second-order valence-electron chi connectivity index (χ2n) is 8.77. The van der Waals surface area contributed by atoms with Crippen molar-refractivity contribution in [1.82, 2.24) is 9.55 Å². The average molecular weight is 558 g/mol. The van der Waals surface area contributed by atoms with Gasteiger partial charge in [0, 0.05) is 33.6 Å². The number of ether oxygens (including phenoxy) is 3. The summed E-state index contributed by atoms with van der Waals surface area (Å²) < 4.78 is 20.7. The third-order valence-corrected chi connectivity index (χ3v) is 7.07. The molecule has 0 radical (unpaired) electrons. The molecule has 1 aliphatic rings. The molecule has 0 unspecified atom stereocenters. The third-order valence-electron chi connectivity index (χ3n) is 6.12. The van der Waals surface area contributed by atoms with Crippen LogP contribution in [0.4, 0.5) is 0 Å². The van der Waals surface area contributed by atoms with Crippen molar-refractivity contribution in [2.75, 3.05) is 13.2 Å². The summed E-state index contributed by atoms with van der Waals surface area (Å²) in [6.45, 7) is 2.58. The average Bonchev–Trinajstić information content (AvgIpc) is 3.55. The summed E-state index contributed by atoms with van der Waals surface area (Å²) >= 11 is 19.0. The van der Waals surface area contributed by atoms with Gasteiger partial charge in [-0.15, -0.1) is 0 Å². The highest BCUT2D eigenvalue weighted by Gasteiger charge is 2.45. The molecule has 2 atom stereocenters. The van der Waals surface area contributed by atoms with Crippen LogP contribution in [0.5, 0.6) is 5.75 Å². The van der Waals surface area contributed by atoms with Crippen molar-refractivity contribution in [3.05, 3.63) is 117 Å². The lowest BCUT2D eigenvalue weighted by Crippen LogP contribution is -2.34. The van der Waals surface area contributed by atoms with E-state index >= 15 is 0 Å². The molecule has 0 spiro atoms. The van der Waals surface area contributed by atoms with Gasteiger partial charge >= 0.3 is 0 Å². The first kappa shape index (κ1) is 25.8. The number of carbonyl (C=O) groups excluding carboxylic acids is 1. The summed E-state index contributed by atoms with van der Waals surface area (Å²) in [5.41, 5.74) is 2.37. The van der Waals surface area contributed by atoms with Gasteiger partial charge in [0.25, 0.3) is 0 Å². The highest BCUT2D eigenvalue weighted by Crippen LogP contribution is 2.41. The van der Waals surface area contributed by atoms with E-state index in [1.807, 2.05) is 35.9 Å². The Morgan fingerprint density at radius 2 is 1.92 bits per heavy atom. The molecule has 0 bridgehead atoms. The number of hydrogen-bond donors (Lipinski definition) is 0. The molecule has 6 nitrogen and oxygen atoms in total. The first-order chi connectivity index (χ1) is 17.8. The normalized spacial score (nSPS) is 19.2. The summed E-state index contributed by atoms with van der Waals surface area (Å²) in [6.07, 6.45) is 4.74. The molecule has 0 N–H and O–H groups in total. The molecule has 190 valence electrons. The van der Waals surface area contributed by atoms with Crippen LogP contribution in [-0.2, 0) is 21.8 Å². The van der Waals surface area contributed by atoms with Crippen molar-refractivity contribution in [1.29, 1.82) is 0 Å². The molecule has 1 aromatic heterocycles. The Bertz CT molecular complexity index is 1410. The van der Waals surface area contributed by atoms with Crippen LogP contribution in [0, 0.1) is 6.92 Å². The summed E-state index contributed by atoms with van der Waals surface area (Å²) in [7, 11) is 0. The number of imidazole rings is 1.